The second-order valence-corrected chi connectivity index (χ2v) is 5.07. The maximum atomic E-state index is 11.5. The third-order valence-electron chi connectivity index (χ3n) is 1.45. The maximum absolute atomic E-state index is 11.5. The lowest BCUT2D eigenvalue weighted by atomic mass is 10.5. The Bertz CT molecular complexity index is 434. The fourth-order valence-corrected chi connectivity index (χ4v) is 3.23. The molecule has 5 nitrogen and oxygen atoms in total. The Morgan fingerprint density at radius 1 is 1.64 bits per heavy atom. The first kappa shape index (κ1) is 11.2. The number of aromatic carboxylic acids is 1. The summed E-state index contributed by atoms with van der Waals surface area (Å²) < 4.78 is 25.1. The van der Waals surface area contributed by atoms with E-state index in [0.717, 1.165) is 11.3 Å². The van der Waals surface area contributed by atoms with Crippen molar-refractivity contribution in [2.75, 3.05) is 6.54 Å². The van der Waals surface area contributed by atoms with Crippen molar-refractivity contribution in [2.45, 2.75) is 11.8 Å². The minimum absolute atomic E-state index is 0.161. The summed E-state index contributed by atoms with van der Waals surface area (Å²) in [5.74, 6) is -1.23. The number of sulfonamides is 1. The van der Waals surface area contributed by atoms with Gasteiger partial charge in [-0.15, -0.1) is 11.3 Å². The van der Waals surface area contributed by atoms with Crippen LogP contribution in [0, 0.1) is 0 Å². The van der Waals surface area contributed by atoms with Gasteiger partial charge in [-0.3, -0.25) is 0 Å². The van der Waals surface area contributed by atoms with E-state index in [0.29, 0.717) is 0 Å². The fraction of sp³-hybridized carbons (Fsp3) is 0.286. The largest absolute Gasteiger partial charge is 0.477 e. The molecule has 0 unspecified atom stereocenters. The Balaban J connectivity index is 3.19. The number of thiophene rings is 1. The lowest BCUT2D eigenvalue weighted by Crippen LogP contribution is -2.24. The zero-order valence-corrected chi connectivity index (χ0v) is 8.98. The summed E-state index contributed by atoms with van der Waals surface area (Å²) in [6.07, 6.45) is 0. The Labute approximate surface area is 85.4 Å². The van der Waals surface area contributed by atoms with Crippen LogP contribution in [0.3, 0.4) is 0 Å². The number of hydrogen-bond acceptors (Lipinski definition) is 4. The molecule has 0 radical (unpaired) electrons. The van der Waals surface area contributed by atoms with Crippen molar-refractivity contribution >= 4 is 27.3 Å². The van der Waals surface area contributed by atoms with E-state index in [2.05, 4.69) is 4.72 Å². The Kier molecular flexibility index (Phi) is 3.25. The van der Waals surface area contributed by atoms with Gasteiger partial charge in [-0.25, -0.2) is 17.9 Å². The lowest BCUT2D eigenvalue weighted by molar-refractivity contribution is 0.0698. The van der Waals surface area contributed by atoms with E-state index >= 15 is 0 Å². The zero-order valence-electron chi connectivity index (χ0n) is 7.35. The molecule has 0 fully saturated rings. The second-order valence-electron chi connectivity index (χ2n) is 2.42. The number of carboxylic acid groups (broad SMARTS) is 1. The normalized spacial score (nSPS) is 11.5. The molecule has 0 saturated carbocycles. The second kappa shape index (κ2) is 4.07. The highest BCUT2D eigenvalue weighted by Crippen LogP contribution is 2.21. The standard InChI is InChI=1S/C7H9NO4S2/c1-2-8-14(11,12)5-3-4-13-6(5)7(9)10/h3-4,8H,2H2,1H3,(H,9,10). The van der Waals surface area contributed by atoms with Crippen molar-refractivity contribution in [2.24, 2.45) is 0 Å². The van der Waals surface area contributed by atoms with Gasteiger partial charge in [0.15, 0.2) is 0 Å². The molecule has 1 heterocycles. The van der Waals surface area contributed by atoms with E-state index < -0.39 is 16.0 Å². The number of rotatable bonds is 4. The third kappa shape index (κ3) is 2.11. The lowest BCUT2D eigenvalue weighted by Gasteiger charge is -2.02. The highest BCUT2D eigenvalue weighted by molar-refractivity contribution is 7.89. The van der Waals surface area contributed by atoms with E-state index in [1.807, 2.05) is 0 Å². The summed E-state index contributed by atoms with van der Waals surface area (Å²) in [4.78, 5) is 10.3. The van der Waals surface area contributed by atoms with Gasteiger partial charge in [0.05, 0.1) is 0 Å². The molecule has 0 amide bonds. The van der Waals surface area contributed by atoms with Crippen molar-refractivity contribution < 1.29 is 18.3 Å². The summed E-state index contributed by atoms with van der Waals surface area (Å²) in [5, 5.41) is 10.1. The summed E-state index contributed by atoms with van der Waals surface area (Å²) in [5.41, 5.74) is 0. The minimum Gasteiger partial charge on any atom is -0.477 e. The van der Waals surface area contributed by atoms with Crippen LogP contribution in [0.15, 0.2) is 16.3 Å². The molecule has 7 heteroatoms. The van der Waals surface area contributed by atoms with Crippen LogP contribution in [0.25, 0.3) is 0 Å². The van der Waals surface area contributed by atoms with Crippen molar-refractivity contribution in [3.63, 3.8) is 0 Å². The number of carboxylic acids is 1. The average Bonchev–Trinajstić information content (AvgIpc) is 2.51. The monoisotopic (exact) mass is 235 g/mol. The summed E-state index contributed by atoms with van der Waals surface area (Å²) in [7, 11) is -3.66. The van der Waals surface area contributed by atoms with Gasteiger partial charge in [0.25, 0.3) is 0 Å². The van der Waals surface area contributed by atoms with Crippen LogP contribution in [-0.2, 0) is 10.0 Å². The molecule has 0 aliphatic rings. The van der Waals surface area contributed by atoms with Crippen LogP contribution >= 0.6 is 11.3 Å². The highest BCUT2D eigenvalue weighted by Gasteiger charge is 2.22. The molecule has 1 rings (SSSR count). The van der Waals surface area contributed by atoms with Gasteiger partial charge in [0.2, 0.25) is 10.0 Å². The van der Waals surface area contributed by atoms with E-state index in [1.165, 1.54) is 11.4 Å². The fourth-order valence-electron chi connectivity index (χ4n) is 0.933. The van der Waals surface area contributed by atoms with E-state index in [-0.39, 0.29) is 16.3 Å². The van der Waals surface area contributed by atoms with E-state index in [1.54, 1.807) is 6.92 Å². The van der Waals surface area contributed by atoms with Crippen molar-refractivity contribution in [1.82, 2.24) is 4.72 Å². The molecule has 0 aliphatic heterocycles. The summed E-state index contributed by atoms with van der Waals surface area (Å²) in [6.45, 7) is 1.86. The zero-order chi connectivity index (χ0) is 10.8. The highest BCUT2D eigenvalue weighted by atomic mass is 32.2. The molecule has 0 aromatic carbocycles. The molecule has 2 N–H and O–H groups in total. The third-order valence-corrected chi connectivity index (χ3v) is 4.07. The molecular weight excluding hydrogens is 226 g/mol. The smallest absolute Gasteiger partial charge is 0.347 e. The SMILES string of the molecule is CCNS(=O)(=O)c1ccsc1C(=O)O. The number of nitrogens with one attached hydrogen (secondary N) is 1. The quantitative estimate of drug-likeness (QED) is 0.806. The topological polar surface area (TPSA) is 83.5 Å². The van der Waals surface area contributed by atoms with Gasteiger partial charge in [-0.1, -0.05) is 6.92 Å². The van der Waals surface area contributed by atoms with Gasteiger partial charge in [-0.05, 0) is 11.4 Å². The Morgan fingerprint density at radius 2 is 2.29 bits per heavy atom. The molecule has 1 aromatic rings. The predicted molar refractivity (Wildman–Crippen MR) is 52.1 cm³/mol. The summed E-state index contributed by atoms with van der Waals surface area (Å²) in [6, 6.07) is 1.28. The van der Waals surface area contributed by atoms with Crippen molar-refractivity contribution in [1.29, 1.82) is 0 Å². The van der Waals surface area contributed by atoms with Gasteiger partial charge < -0.3 is 5.11 Å². The Hall–Kier alpha value is -0.920. The van der Waals surface area contributed by atoms with Crippen LogP contribution in [0.5, 0.6) is 0 Å². The van der Waals surface area contributed by atoms with Crippen LogP contribution < -0.4 is 4.72 Å². The number of hydrogen-bond donors (Lipinski definition) is 2. The first-order valence-corrected chi connectivity index (χ1v) is 6.15. The minimum atomic E-state index is -3.66. The number of carbonyl (C=O) groups is 1. The summed E-state index contributed by atoms with van der Waals surface area (Å²) >= 11 is 0.892. The van der Waals surface area contributed by atoms with Crippen LogP contribution in [0.1, 0.15) is 16.6 Å². The molecular formula is C7H9NO4S2. The van der Waals surface area contributed by atoms with Crippen LogP contribution in [-0.4, -0.2) is 26.0 Å². The van der Waals surface area contributed by atoms with Gasteiger partial charge >= 0.3 is 5.97 Å². The molecule has 78 valence electrons. The first-order chi connectivity index (χ1) is 6.49. The van der Waals surface area contributed by atoms with Gasteiger partial charge in [0, 0.05) is 6.54 Å². The maximum Gasteiger partial charge on any atom is 0.347 e. The van der Waals surface area contributed by atoms with E-state index in [9.17, 15) is 13.2 Å². The molecule has 1 aromatic heterocycles. The average molecular weight is 235 g/mol. The van der Waals surface area contributed by atoms with Crippen molar-refractivity contribution in [3.05, 3.63) is 16.3 Å². The molecule has 0 aliphatic carbocycles. The molecule has 0 atom stereocenters. The first-order valence-electron chi connectivity index (χ1n) is 3.79. The molecule has 0 spiro atoms. The van der Waals surface area contributed by atoms with Crippen LogP contribution in [0.2, 0.25) is 0 Å². The Morgan fingerprint density at radius 3 is 2.79 bits per heavy atom. The predicted octanol–water partition coefficient (Wildman–Crippen LogP) is 0.744. The van der Waals surface area contributed by atoms with Crippen molar-refractivity contribution in [3.8, 4) is 0 Å². The van der Waals surface area contributed by atoms with E-state index in [4.69, 9.17) is 5.11 Å². The van der Waals surface area contributed by atoms with Crippen LogP contribution in [0.4, 0.5) is 0 Å². The molecule has 14 heavy (non-hydrogen) atoms. The molecule has 0 bridgehead atoms. The van der Waals surface area contributed by atoms with Gasteiger partial charge in [0.1, 0.15) is 9.77 Å². The molecule has 0 saturated heterocycles. The van der Waals surface area contributed by atoms with Gasteiger partial charge in [-0.2, -0.15) is 0 Å².